The monoisotopic (exact) mass is 239 g/mol. The molecule has 3 nitrogen and oxygen atoms in total. The van der Waals surface area contributed by atoms with Crippen LogP contribution in [-0.4, -0.2) is 12.3 Å². The zero-order chi connectivity index (χ0) is 11.8. The molecule has 0 aliphatic carbocycles. The van der Waals surface area contributed by atoms with Gasteiger partial charge in [-0.2, -0.15) is 0 Å². The molecule has 0 unspecified atom stereocenters. The molecular formula is C12H14ClNO2. The lowest BCUT2D eigenvalue weighted by atomic mass is 10.2. The Morgan fingerprint density at radius 1 is 1.38 bits per heavy atom. The molecule has 0 radical (unpaired) electrons. The lowest BCUT2D eigenvalue weighted by Gasteiger charge is -2.16. The number of rotatable bonds is 2. The predicted molar refractivity (Wildman–Crippen MR) is 64.9 cm³/mol. The van der Waals surface area contributed by atoms with E-state index in [1.165, 1.54) is 0 Å². The topological polar surface area (TPSA) is 44.5 Å². The number of hydrogen-bond acceptors (Lipinski definition) is 3. The molecule has 1 aromatic rings. The largest absolute Gasteiger partial charge is 0.449 e. The molecule has 2 rings (SSSR count). The Labute approximate surface area is 99.8 Å². The first-order valence-corrected chi connectivity index (χ1v) is 5.48. The summed E-state index contributed by atoms with van der Waals surface area (Å²) < 4.78 is 11.2. The fraction of sp³-hybridized carbons (Fsp3) is 0.333. The van der Waals surface area contributed by atoms with Crippen molar-refractivity contribution in [3.8, 4) is 11.5 Å². The van der Waals surface area contributed by atoms with E-state index in [1.54, 1.807) is 0 Å². The summed E-state index contributed by atoms with van der Waals surface area (Å²) in [4.78, 5) is 0. The highest BCUT2D eigenvalue weighted by Crippen LogP contribution is 2.45. The first-order chi connectivity index (χ1) is 7.52. The van der Waals surface area contributed by atoms with Crippen molar-refractivity contribution in [1.29, 1.82) is 0 Å². The van der Waals surface area contributed by atoms with Gasteiger partial charge in [-0.3, -0.25) is 0 Å². The second-order valence-corrected chi connectivity index (χ2v) is 4.48. The lowest BCUT2D eigenvalue weighted by Crippen LogP contribution is -2.29. The van der Waals surface area contributed by atoms with Crippen LogP contribution in [-0.2, 0) is 0 Å². The maximum Gasteiger partial charge on any atom is 0.246 e. The number of hydrogen-bond donors (Lipinski definition) is 1. The number of fused-ring (bicyclic) bond motifs is 1. The molecule has 86 valence electrons. The quantitative estimate of drug-likeness (QED) is 0.863. The maximum atomic E-state index is 6.11. The summed E-state index contributed by atoms with van der Waals surface area (Å²) in [6, 6.07) is 3.72. The van der Waals surface area contributed by atoms with Crippen molar-refractivity contribution in [2.75, 3.05) is 6.54 Å². The highest BCUT2D eigenvalue weighted by atomic mass is 35.5. The maximum absolute atomic E-state index is 6.11. The van der Waals surface area contributed by atoms with Crippen molar-refractivity contribution in [3.05, 3.63) is 28.8 Å². The molecule has 0 saturated heterocycles. The Balaban J connectivity index is 2.38. The van der Waals surface area contributed by atoms with Gasteiger partial charge < -0.3 is 15.2 Å². The van der Waals surface area contributed by atoms with E-state index in [0.717, 1.165) is 5.56 Å². The van der Waals surface area contributed by atoms with Crippen molar-refractivity contribution in [3.63, 3.8) is 0 Å². The third-order valence-electron chi connectivity index (χ3n) is 2.18. The van der Waals surface area contributed by atoms with Crippen molar-refractivity contribution in [2.24, 2.45) is 5.73 Å². The summed E-state index contributed by atoms with van der Waals surface area (Å²) in [5, 5.41) is 0.555. The highest BCUT2D eigenvalue weighted by Gasteiger charge is 2.33. The molecule has 16 heavy (non-hydrogen) atoms. The average molecular weight is 240 g/mol. The summed E-state index contributed by atoms with van der Waals surface area (Å²) in [5.41, 5.74) is 6.35. The van der Waals surface area contributed by atoms with Crippen molar-refractivity contribution in [1.82, 2.24) is 0 Å². The van der Waals surface area contributed by atoms with E-state index in [1.807, 2.05) is 38.1 Å². The third kappa shape index (κ3) is 2.15. The summed E-state index contributed by atoms with van der Waals surface area (Å²) >= 11 is 6.11. The molecule has 0 aromatic heterocycles. The predicted octanol–water partition coefficient (Wildman–Crippen LogP) is 2.82. The van der Waals surface area contributed by atoms with Gasteiger partial charge in [-0.05, 0) is 17.7 Å². The molecule has 0 spiro atoms. The number of halogens is 1. The van der Waals surface area contributed by atoms with Gasteiger partial charge in [0.05, 0.1) is 5.02 Å². The van der Waals surface area contributed by atoms with E-state index in [0.29, 0.717) is 23.1 Å². The minimum atomic E-state index is -0.651. The Kier molecular flexibility index (Phi) is 2.82. The summed E-state index contributed by atoms with van der Waals surface area (Å²) in [6.45, 7) is 4.19. The Hall–Kier alpha value is -1.19. The molecule has 1 aliphatic rings. The van der Waals surface area contributed by atoms with Crippen molar-refractivity contribution < 1.29 is 9.47 Å². The summed E-state index contributed by atoms with van der Waals surface area (Å²) in [5.74, 6) is 0.632. The van der Waals surface area contributed by atoms with Gasteiger partial charge in [0.1, 0.15) is 0 Å². The SMILES string of the molecule is CC1(C)Oc2cc(/C=C/CN)cc(Cl)c2O1. The zero-order valence-corrected chi connectivity index (χ0v) is 10.0. The van der Waals surface area contributed by atoms with Crippen LogP contribution in [0.4, 0.5) is 0 Å². The van der Waals surface area contributed by atoms with Crippen LogP contribution in [0.15, 0.2) is 18.2 Å². The van der Waals surface area contributed by atoms with E-state index in [-0.39, 0.29) is 0 Å². The van der Waals surface area contributed by atoms with Gasteiger partial charge in [-0.25, -0.2) is 0 Å². The fourth-order valence-electron chi connectivity index (χ4n) is 1.59. The molecular weight excluding hydrogens is 226 g/mol. The van der Waals surface area contributed by atoms with Crippen LogP contribution < -0.4 is 15.2 Å². The number of ether oxygens (including phenoxy) is 2. The second-order valence-electron chi connectivity index (χ2n) is 4.07. The Bertz CT molecular complexity index is 441. The van der Waals surface area contributed by atoms with Crippen LogP contribution in [0.1, 0.15) is 19.4 Å². The van der Waals surface area contributed by atoms with Crippen molar-refractivity contribution >= 4 is 17.7 Å². The van der Waals surface area contributed by atoms with Crippen LogP contribution in [0.5, 0.6) is 11.5 Å². The number of nitrogens with two attached hydrogens (primary N) is 1. The fourth-order valence-corrected chi connectivity index (χ4v) is 1.85. The minimum absolute atomic E-state index is 0.498. The Morgan fingerprint density at radius 2 is 2.12 bits per heavy atom. The van der Waals surface area contributed by atoms with Gasteiger partial charge in [0, 0.05) is 20.4 Å². The molecule has 1 heterocycles. The molecule has 0 fully saturated rings. The Morgan fingerprint density at radius 3 is 2.81 bits per heavy atom. The van der Waals surface area contributed by atoms with Crippen LogP contribution >= 0.6 is 11.6 Å². The molecule has 0 bridgehead atoms. The normalized spacial score (nSPS) is 17.0. The van der Waals surface area contributed by atoms with Crippen LogP contribution in [0.2, 0.25) is 5.02 Å². The molecule has 1 aromatic carbocycles. The van der Waals surface area contributed by atoms with Crippen LogP contribution in [0.25, 0.3) is 6.08 Å². The smallest absolute Gasteiger partial charge is 0.246 e. The lowest BCUT2D eigenvalue weighted by molar-refractivity contribution is -0.0431. The molecule has 1 aliphatic heterocycles. The van der Waals surface area contributed by atoms with Gasteiger partial charge in [0.15, 0.2) is 11.5 Å². The summed E-state index contributed by atoms with van der Waals surface area (Å²) in [7, 11) is 0. The van der Waals surface area contributed by atoms with Gasteiger partial charge in [0.25, 0.3) is 0 Å². The molecule has 0 atom stereocenters. The van der Waals surface area contributed by atoms with E-state index in [4.69, 9.17) is 26.8 Å². The van der Waals surface area contributed by atoms with Crippen LogP contribution in [0.3, 0.4) is 0 Å². The van der Waals surface area contributed by atoms with Gasteiger partial charge in [0.2, 0.25) is 5.79 Å². The van der Waals surface area contributed by atoms with Gasteiger partial charge in [-0.1, -0.05) is 23.8 Å². The standard InChI is InChI=1S/C12H14ClNO2/c1-12(2)15-10-7-8(4-3-5-14)6-9(13)11(10)16-12/h3-4,6-7H,5,14H2,1-2H3/b4-3+. The second kappa shape index (κ2) is 4.00. The molecule has 2 N–H and O–H groups in total. The van der Waals surface area contributed by atoms with E-state index in [9.17, 15) is 0 Å². The third-order valence-corrected chi connectivity index (χ3v) is 2.46. The number of benzene rings is 1. The van der Waals surface area contributed by atoms with E-state index in [2.05, 4.69) is 0 Å². The molecule has 4 heteroatoms. The van der Waals surface area contributed by atoms with Gasteiger partial charge >= 0.3 is 0 Å². The first-order valence-electron chi connectivity index (χ1n) is 5.10. The molecule has 0 saturated carbocycles. The van der Waals surface area contributed by atoms with Crippen molar-refractivity contribution in [2.45, 2.75) is 19.6 Å². The average Bonchev–Trinajstić information content (AvgIpc) is 2.50. The van der Waals surface area contributed by atoms with E-state index >= 15 is 0 Å². The molecule has 0 amide bonds. The highest BCUT2D eigenvalue weighted by molar-refractivity contribution is 6.32. The zero-order valence-electron chi connectivity index (χ0n) is 9.29. The van der Waals surface area contributed by atoms with Crippen LogP contribution in [0, 0.1) is 0 Å². The summed E-state index contributed by atoms with van der Waals surface area (Å²) in [6.07, 6.45) is 3.76. The van der Waals surface area contributed by atoms with Gasteiger partial charge in [-0.15, -0.1) is 0 Å². The first kappa shape index (κ1) is 11.3. The van der Waals surface area contributed by atoms with E-state index < -0.39 is 5.79 Å². The minimum Gasteiger partial charge on any atom is -0.449 e.